The Morgan fingerprint density at radius 2 is 1.41 bits per heavy atom. The Balaban J connectivity index is 1.52. The summed E-state index contributed by atoms with van der Waals surface area (Å²) in [6.45, 7) is 0. The quantitative estimate of drug-likeness (QED) is 0.655. The van der Waals surface area contributed by atoms with E-state index in [1.165, 1.54) is 0 Å². The summed E-state index contributed by atoms with van der Waals surface area (Å²) in [5.41, 5.74) is 1.24. The number of imide groups is 1. The molecule has 0 saturated carbocycles. The highest BCUT2D eigenvalue weighted by atomic mass is 35.5. The molecule has 0 aliphatic carbocycles. The van der Waals surface area contributed by atoms with Gasteiger partial charge in [-0.3, -0.25) is 4.79 Å². The van der Waals surface area contributed by atoms with Crippen LogP contribution in [0.15, 0.2) is 78.9 Å². The molecule has 1 fully saturated rings. The molecule has 6 heteroatoms. The van der Waals surface area contributed by atoms with Crippen molar-refractivity contribution in [3.05, 3.63) is 89.4 Å². The van der Waals surface area contributed by atoms with Crippen LogP contribution in [0.1, 0.15) is 11.6 Å². The lowest BCUT2D eigenvalue weighted by Crippen LogP contribution is -2.30. The summed E-state index contributed by atoms with van der Waals surface area (Å²) >= 11 is 5.86. The second-order valence-electron chi connectivity index (χ2n) is 6.02. The number of hydrogen-bond donors (Lipinski definition) is 1. The van der Waals surface area contributed by atoms with Gasteiger partial charge in [-0.15, -0.1) is 0 Å². The van der Waals surface area contributed by atoms with Crippen molar-refractivity contribution in [2.45, 2.75) is 6.04 Å². The number of nitrogens with zero attached hydrogens (tertiary/aromatic N) is 1. The van der Waals surface area contributed by atoms with E-state index in [1.54, 1.807) is 48.5 Å². The number of ether oxygens (including phenoxy) is 1. The maximum atomic E-state index is 12.7. The molecule has 27 heavy (non-hydrogen) atoms. The van der Waals surface area contributed by atoms with E-state index in [0.29, 0.717) is 22.2 Å². The van der Waals surface area contributed by atoms with Gasteiger partial charge in [-0.05, 0) is 54.1 Å². The number of urea groups is 1. The van der Waals surface area contributed by atoms with Gasteiger partial charge < -0.3 is 10.1 Å². The van der Waals surface area contributed by atoms with Crippen LogP contribution in [0.2, 0.25) is 5.02 Å². The largest absolute Gasteiger partial charge is 0.457 e. The van der Waals surface area contributed by atoms with E-state index in [4.69, 9.17) is 16.3 Å². The van der Waals surface area contributed by atoms with Crippen molar-refractivity contribution in [2.24, 2.45) is 0 Å². The van der Waals surface area contributed by atoms with E-state index < -0.39 is 12.1 Å². The van der Waals surface area contributed by atoms with E-state index in [1.807, 2.05) is 30.3 Å². The number of hydrogen-bond acceptors (Lipinski definition) is 3. The van der Waals surface area contributed by atoms with Gasteiger partial charge in [0.2, 0.25) is 0 Å². The first-order valence-corrected chi connectivity index (χ1v) is 8.72. The van der Waals surface area contributed by atoms with Crippen molar-refractivity contribution in [1.82, 2.24) is 5.32 Å². The van der Waals surface area contributed by atoms with Crippen molar-refractivity contribution in [1.29, 1.82) is 0 Å². The van der Waals surface area contributed by atoms with Crippen LogP contribution in [0.3, 0.4) is 0 Å². The van der Waals surface area contributed by atoms with Crippen LogP contribution in [0, 0.1) is 0 Å². The number of rotatable bonds is 4. The summed E-state index contributed by atoms with van der Waals surface area (Å²) in [7, 11) is 0. The Morgan fingerprint density at radius 1 is 0.815 bits per heavy atom. The first-order valence-electron chi connectivity index (χ1n) is 8.35. The smallest absolute Gasteiger partial charge is 0.329 e. The van der Waals surface area contributed by atoms with Crippen LogP contribution in [0.4, 0.5) is 10.5 Å². The molecule has 0 spiro atoms. The van der Waals surface area contributed by atoms with Crippen LogP contribution in [-0.2, 0) is 4.79 Å². The summed E-state index contributed by atoms with van der Waals surface area (Å²) in [6, 6.07) is 21.8. The molecule has 3 aromatic carbocycles. The van der Waals surface area contributed by atoms with Crippen molar-refractivity contribution >= 4 is 29.2 Å². The van der Waals surface area contributed by atoms with Gasteiger partial charge in [0.05, 0.1) is 5.69 Å². The minimum Gasteiger partial charge on any atom is -0.457 e. The molecular weight excluding hydrogens is 364 g/mol. The molecule has 0 aromatic heterocycles. The molecule has 1 aliphatic heterocycles. The fourth-order valence-electron chi connectivity index (χ4n) is 2.90. The summed E-state index contributed by atoms with van der Waals surface area (Å²) < 4.78 is 5.73. The van der Waals surface area contributed by atoms with Crippen LogP contribution < -0.4 is 15.0 Å². The number of halogens is 1. The Kier molecular flexibility index (Phi) is 4.52. The van der Waals surface area contributed by atoms with E-state index in [0.717, 1.165) is 10.5 Å². The Morgan fingerprint density at radius 3 is 2.04 bits per heavy atom. The van der Waals surface area contributed by atoms with Gasteiger partial charge in [0.25, 0.3) is 5.91 Å². The highest BCUT2D eigenvalue weighted by Crippen LogP contribution is 2.30. The molecule has 1 saturated heterocycles. The molecule has 0 unspecified atom stereocenters. The van der Waals surface area contributed by atoms with E-state index >= 15 is 0 Å². The minimum absolute atomic E-state index is 0.308. The van der Waals surface area contributed by atoms with Gasteiger partial charge in [0.15, 0.2) is 0 Å². The van der Waals surface area contributed by atoms with E-state index in [2.05, 4.69) is 5.32 Å². The second-order valence-corrected chi connectivity index (χ2v) is 6.45. The average Bonchev–Trinajstić information content (AvgIpc) is 2.99. The average molecular weight is 379 g/mol. The first-order chi connectivity index (χ1) is 13.1. The third-order valence-electron chi connectivity index (χ3n) is 4.22. The van der Waals surface area contributed by atoms with Crippen molar-refractivity contribution in [2.75, 3.05) is 4.90 Å². The fourth-order valence-corrected chi connectivity index (χ4v) is 3.02. The predicted molar refractivity (Wildman–Crippen MR) is 103 cm³/mol. The molecule has 3 aromatic rings. The van der Waals surface area contributed by atoms with Gasteiger partial charge >= 0.3 is 6.03 Å². The zero-order valence-corrected chi connectivity index (χ0v) is 14.9. The summed E-state index contributed by atoms with van der Waals surface area (Å²) in [5, 5.41) is 3.35. The third kappa shape index (κ3) is 3.50. The van der Waals surface area contributed by atoms with Crippen LogP contribution in [-0.4, -0.2) is 11.9 Å². The number of carbonyl (C=O) groups excluding carboxylic acids is 2. The molecule has 0 bridgehead atoms. The lowest BCUT2D eigenvalue weighted by atomic mass is 10.1. The lowest BCUT2D eigenvalue weighted by molar-refractivity contribution is -0.118. The summed E-state index contributed by atoms with van der Waals surface area (Å²) in [6.07, 6.45) is 0. The maximum absolute atomic E-state index is 12.7. The number of nitrogens with one attached hydrogen (secondary N) is 1. The number of benzene rings is 3. The van der Waals surface area contributed by atoms with Gasteiger partial charge in [-0.2, -0.15) is 0 Å². The Hall–Kier alpha value is -3.31. The van der Waals surface area contributed by atoms with E-state index in [-0.39, 0.29) is 5.91 Å². The SMILES string of the molecule is O=C1N[C@H](c2ccccc2)C(=O)N1c1ccc(Oc2ccc(Cl)cc2)cc1. The molecule has 3 amide bonds. The summed E-state index contributed by atoms with van der Waals surface area (Å²) in [4.78, 5) is 26.2. The highest BCUT2D eigenvalue weighted by Gasteiger charge is 2.39. The van der Waals surface area contributed by atoms with Crippen molar-refractivity contribution < 1.29 is 14.3 Å². The van der Waals surface area contributed by atoms with Crippen LogP contribution in [0.5, 0.6) is 11.5 Å². The standard InChI is InChI=1S/C21H15ClN2O3/c22-15-6-10-17(11-7-15)27-18-12-8-16(9-13-18)24-20(25)19(23-21(24)26)14-4-2-1-3-5-14/h1-13,19H,(H,23,26)/t19-/m1/s1. The van der Waals surface area contributed by atoms with Crippen LogP contribution >= 0.6 is 11.6 Å². The Labute approximate surface area is 161 Å². The monoisotopic (exact) mass is 378 g/mol. The van der Waals surface area contributed by atoms with Gasteiger partial charge in [-0.1, -0.05) is 41.9 Å². The minimum atomic E-state index is -0.677. The van der Waals surface area contributed by atoms with Gasteiger partial charge in [0.1, 0.15) is 17.5 Å². The van der Waals surface area contributed by atoms with Crippen LogP contribution in [0.25, 0.3) is 0 Å². The Bertz CT molecular complexity index is 973. The molecule has 134 valence electrons. The lowest BCUT2D eigenvalue weighted by Gasteiger charge is -2.14. The molecule has 1 N–H and O–H groups in total. The van der Waals surface area contributed by atoms with E-state index in [9.17, 15) is 9.59 Å². The van der Waals surface area contributed by atoms with Gasteiger partial charge in [-0.25, -0.2) is 9.69 Å². The fraction of sp³-hybridized carbons (Fsp3) is 0.0476. The number of amides is 3. The van der Waals surface area contributed by atoms with Crippen molar-refractivity contribution in [3.63, 3.8) is 0 Å². The number of anilines is 1. The summed E-state index contributed by atoms with van der Waals surface area (Å²) in [5.74, 6) is 0.927. The molecule has 1 atom stereocenters. The van der Waals surface area contributed by atoms with Crippen molar-refractivity contribution in [3.8, 4) is 11.5 Å². The third-order valence-corrected chi connectivity index (χ3v) is 4.47. The molecule has 1 aliphatic rings. The molecular formula is C21H15ClN2O3. The predicted octanol–water partition coefficient (Wildman–Crippen LogP) is 4.93. The second kappa shape index (κ2) is 7.13. The zero-order valence-electron chi connectivity index (χ0n) is 14.1. The zero-order chi connectivity index (χ0) is 18.8. The number of carbonyl (C=O) groups is 2. The van der Waals surface area contributed by atoms with Gasteiger partial charge in [0, 0.05) is 5.02 Å². The highest BCUT2D eigenvalue weighted by molar-refractivity contribution is 6.30. The molecule has 5 nitrogen and oxygen atoms in total. The normalized spacial score (nSPS) is 16.3. The molecule has 1 heterocycles. The maximum Gasteiger partial charge on any atom is 0.329 e. The topological polar surface area (TPSA) is 58.6 Å². The molecule has 0 radical (unpaired) electrons. The molecule has 4 rings (SSSR count). The first kappa shape index (κ1) is 17.1.